The number of rotatable bonds is 3. The van der Waals surface area contributed by atoms with E-state index in [2.05, 4.69) is 13.8 Å². The molecule has 3 heteroatoms. The number of hydrogen-bond donors (Lipinski definition) is 0. The molecule has 0 unspecified atom stereocenters. The van der Waals surface area contributed by atoms with Gasteiger partial charge >= 0.3 is 5.97 Å². The standard InChI is InChI=1S/C12H22O3/c1-12(2,15-4)10-7-5-9(6-8-10)11(13)14-3/h9-10H,5-8H2,1-4H3. The highest BCUT2D eigenvalue weighted by Crippen LogP contribution is 2.37. The Bertz CT molecular complexity index is 215. The molecule has 1 aliphatic carbocycles. The van der Waals surface area contributed by atoms with E-state index >= 15 is 0 Å². The van der Waals surface area contributed by atoms with E-state index < -0.39 is 0 Å². The molecule has 1 aliphatic rings. The second-order valence-corrected chi connectivity index (χ2v) is 4.88. The van der Waals surface area contributed by atoms with Gasteiger partial charge in [0.1, 0.15) is 0 Å². The van der Waals surface area contributed by atoms with Crippen LogP contribution in [0.5, 0.6) is 0 Å². The van der Waals surface area contributed by atoms with Gasteiger partial charge in [-0.1, -0.05) is 0 Å². The fourth-order valence-electron chi connectivity index (χ4n) is 2.36. The number of carbonyl (C=O) groups is 1. The molecule has 0 bridgehead atoms. The molecule has 0 atom stereocenters. The van der Waals surface area contributed by atoms with Gasteiger partial charge in [-0.05, 0) is 45.4 Å². The second kappa shape index (κ2) is 4.97. The molecule has 0 amide bonds. The van der Waals surface area contributed by atoms with Gasteiger partial charge in [0.25, 0.3) is 0 Å². The Morgan fingerprint density at radius 2 is 1.67 bits per heavy atom. The van der Waals surface area contributed by atoms with E-state index in [1.807, 2.05) is 0 Å². The lowest BCUT2D eigenvalue weighted by Gasteiger charge is -2.37. The SMILES string of the molecule is COC(=O)C1CCC(C(C)(C)OC)CC1. The van der Waals surface area contributed by atoms with Crippen molar-refractivity contribution < 1.29 is 14.3 Å². The van der Waals surface area contributed by atoms with Crippen molar-refractivity contribution in [1.29, 1.82) is 0 Å². The molecular weight excluding hydrogens is 192 g/mol. The fraction of sp³-hybridized carbons (Fsp3) is 0.917. The van der Waals surface area contributed by atoms with E-state index in [0.29, 0.717) is 5.92 Å². The Kier molecular flexibility index (Phi) is 4.14. The molecule has 3 nitrogen and oxygen atoms in total. The molecule has 0 aliphatic heterocycles. The third-order valence-corrected chi connectivity index (χ3v) is 3.77. The van der Waals surface area contributed by atoms with E-state index in [-0.39, 0.29) is 17.5 Å². The van der Waals surface area contributed by atoms with Crippen LogP contribution in [-0.4, -0.2) is 25.8 Å². The number of ether oxygens (including phenoxy) is 2. The van der Waals surface area contributed by atoms with Crippen molar-refractivity contribution in [3.05, 3.63) is 0 Å². The quantitative estimate of drug-likeness (QED) is 0.677. The molecule has 1 fully saturated rings. The summed E-state index contributed by atoms with van der Waals surface area (Å²) in [5.41, 5.74) is -0.0684. The highest BCUT2D eigenvalue weighted by molar-refractivity contribution is 5.72. The summed E-state index contributed by atoms with van der Waals surface area (Å²) in [7, 11) is 3.22. The molecule has 15 heavy (non-hydrogen) atoms. The number of esters is 1. The molecule has 0 N–H and O–H groups in total. The lowest BCUT2D eigenvalue weighted by atomic mass is 9.75. The topological polar surface area (TPSA) is 35.5 Å². The predicted octanol–water partition coefficient (Wildman–Crippen LogP) is 2.39. The van der Waals surface area contributed by atoms with Gasteiger partial charge in [-0.3, -0.25) is 4.79 Å². The minimum atomic E-state index is -0.0684. The Morgan fingerprint density at radius 3 is 2.07 bits per heavy atom. The molecule has 88 valence electrons. The Labute approximate surface area is 92.1 Å². The summed E-state index contributed by atoms with van der Waals surface area (Å²) in [6, 6.07) is 0. The molecule has 0 aromatic heterocycles. The predicted molar refractivity (Wildman–Crippen MR) is 58.6 cm³/mol. The summed E-state index contributed by atoms with van der Waals surface area (Å²) < 4.78 is 10.2. The highest BCUT2D eigenvalue weighted by Gasteiger charge is 2.35. The normalized spacial score (nSPS) is 27.5. The first-order valence-corrected chi connectivity index (χ1v) is 5.64. The molecule has 0 heterocycles. The molecule has 0 aromatic rings. The molecule has 0 saturated heterocycles. The maximum Gasteiger partial charge on any atom is 0.308 e. The van der Waals surface area contributed by atoms with Gasteiger partial charge in [-0.2, -0.15) is 0 Å². The van der Waals surface area contributed by atoms with Gasteiger partial charge < -0.3 is 9.47 Å². The van der Waals surface area contributed by atoms with Crippen LogP contribution in [0, 0.1) is 11.8 Å². The van der Waals surface area contributed by atoms with Gasteiger partial charge in [0.05, 0.1) is 18.6 Å². The first kappa shape index (κ1) is 12.5. The van der Waals surface area contributed by atoms with E-state index in [9.17, 15) is 4.79 Å². The molecular formula is C12H22O3. The summed E-state index contributed by atoms with van der Waals surface area (Å²) in [6.07, 6.45) is 3.98. The Hall–Kier alpha value is -0.570. The van der Waals surface area contributed by atoms with E-state index in [1.54, 1.807) is 7.11 Å². The monoisotopic (exact) mass is 214 g/mol. The van der Waals surface area contributed by atoms with Crippen LogP contribution in [0.15, 0.2) is 0 Å². The van der Waals surface area contributed by atoms with Crippen LogP contribution in [0.2, 0.25) is 0 Å². The summed E-state index contributed by atoms with van der Waals surface area (Å²) in [4.78, 5) is 11.3. The average Bonchev–Trinajstić information content (AvgIpc) is 2.28. The number of hydrogen-bond acceptors (Lipinski definition) is 3. The maximum atomic E-state index is 11.3. The van der Waals surface area contributed by atoms with Crippen molar-refractivity contribution in [2.45, 2.75) is 45.1 Å². The third kappa shape index (κ3) is 2.94. The Balaban J connectivity index is 2.46. The molecule has 1 rings (SSSR count). The van der Waals surface area contributed by atoms with E-state index in [4.69, 9.17) is 9.47 Å². The van der Waals surface area contributed by atoms with Crippen molar-refractivity contribution in [3.8, 4) is 0 Å². The lowest BCUT2D eigenvalue weighted by molar-refractivity contribution is -0.147. The second-order valence-electron chi connectivity index (χ2n) is 4.88. The van der Waals surface area contributed by atoms with Crippen LogP contribution < -0.4 is 0 Å². The van der Waals surface area contributed by atoms with Crippen LogP contribution in [-0.2, 0) is 14.3 Å². The molecule has 1 saturated carbocycles. The minimum absolute atomic E-state index is 0.0522. The fourth-order valence-corrected chi connectivity index (χ4v) is 2.36. The smallest absolute Gasteiger partial charge is 0.308 e. The van der Waals surface area contributed by atoms with Gasteiger partial charge in [-0.15, -0.1) is 0 Å². The molecule has 0 spiro atoms. The highest BCUT2D eigenvalue weighted by atomic mass is 16.5. The summed E-state index contributed by atoms with van der Waals surface area (Å²) >= 11 is 0. The zero-order valence-electron chi connectivity index (χ0n) is 10.2. The molecule has 0 radical (unpaired) electrons. The van der Waals surface area contributed by atoms with Crippen LogP contribution in [0.4, 0.5) is 0 Å². The van der Waals surface area contributed by atoms with Gasteiger partial charge in [-0.25, -0.2) is 0 Å². The zero-order chi connectivity index (χ0) is 11.5. The largest absolute Gasteiger partial charge is 0.469 e. The van der Waals surface area contributed by atoms with Gasteiger partial charge in [0.15, 0.2) is 0 Å². The van der Waals surface area contributed by atoms with Crippen molar-refractivity contribution >= 4 is 5.97 Å². The van der Waals surface area contributed by atoms with Gasteiger partial charge in [0, 0.05) is 7.11 Å². The van der Waals surface area contributed by atoms with Crippen molar-refractivity contribution in [2.24, 2.45) is 11.8 Å². The average molecular weight is 214 g/mol. The van der Waals surface area contributed by atoms with Crippen LogP contribution in [0.25, 0.3) is 0 Å². The summed E-state index contributed by atoms with van der Waals surface area (Å²) in [5, 5.41) is 0. The molecule has 0 aromatic carbocycles. The van der Waals surface area contributed by atoms with E-state index in [1.165, 1.54) is 7.11 Å². The van der Waals surface area contributed by atoms with Crippen molar-refractivity contribution in [1.82, 2.24) is 0 Å². The van der Waals surface area contributed by atoms with Gasteiger partial charge in [0.2, 0.25) is 0 Å². The lowest BCUT2D eigenvalue weighted by Crippen LogP contribution is -2.37. The number of methoxy groups -OCH3 is 2. The zero-order valence-corrected chi connectivity index (χ0v) is 10.2. The van der Waals surface area contributed by atoms with Crippen molar-refractivity contribution in [2.75, 3.05) is 14.2 Å². The first-order valence-electron chi connectivity index (χ1n) is 5.64. The van der Waals surface area contributed by atoms with Crippen molar-refractivity contribution in [3.63, 3.8) is 0 Å². The van der Waals surface area contributed by atoms with Crippen LogP contribution in [0.3, 0.4) is 0 Å². The maximum absolute atomic E-state index is 11.3. The third-order valence-electron chi connectivity index (χ3n) is 3.77. The Morgan fingerprint density at radius 1 is 1.13 bits per heavy atom. The van der Waals surface area contributed by atoms with E-state index in [0.717, 1.165) is 25.7 Å². The van der Waals surface area contributed by atoms with Crippen LogP contribution >= 0.6 is 0 Å². The summed E-state index contributed by atoms with van der Waals surface area (Å²) in [6.45, 7) is 4.24. The number of carbonyl (C=O) groups excluding carboxylic acids is 1. The summed E-state index contributed by atoms with van der Waals surface area (Å²) in [5.74, 6) is 0.617. The van der Waals surface area contributed by atoms with Crippen LogP contribution in [0.1, 0.15) is 39.5 Å². The first-order chi connectivity index (χ1) is 7.01. The minimum Gasteiger partial charge on any atom is -0.469 e.